The molecule has 3 aromatic rings. The summed E-state index contributed by atoms with van der Waals surface area (Å²) in [5, 5.41) is 9.59. The first-order chi connectivity index (χ1) is 17.3. The minimum absolute atomic E-state index is 0.132. The molecule has 0 amide bonds. The third-order valence-electron chi connectivity index (χ3n) is 7.46. The zero-order chi connectivity index (χ0) is 25.0. The van der Waals surface area contributed by atoms with Crippen molar-refractivity contribution in [1.29, 1.82) is 0 Å². The van der Waals surface area contributed by atoms with Gasteiger partial charge < -0.3 is 4.90 Å². The SMILES string of the molecule is Cc1nc(N2CCC(c3nnc4n3-c3ccc(Cl)cc3CN(CC(F)(F)C3CC3)C4)CC2)ncc1F. The van der Waals surface area contributed by atoms with E-state index in [9.17, 15) is 13.2 Å². The standard InChI is InChI=1S/C25H27ClF3N7/c1-15-20(27)11-30-24(31-15)35-8-6-16(7-9-35)23-33-32-22-13-34(14-25(28,29)18-2-3-18)12-17-10-19(26)4-5-21(17)36(22)23/h4-5,10-11,16,18H,2-3,6-9,12-14H2,1H3. The summed E-state index contributed by atoms with van der Waals surface area (Å²) >= 11 is 6.31. The van der Waals surface area contributed by atoms with E-state index < -0.39 is 17.7 Å². The number of fused-ring (bicyclic) bond motifs is 3. The van der Waals surface area contributed by atoms with Gasteiger partial charge in [0.2, 0.25) is 5.95 Å². The van der Waals surface area contributed by atoms with Crippen LogP contribution in [0.4, 0.5) is 19.1 Å². The summed E-state index contributed by atoms with van der Waals surface area (Å²) in [6, 6.07) is 5.61. The molecule has 1 saturated carbocycles. The van der Waals surface area contributed by atoms with Gasteiger partial charge in [-0.15, -0.1) is 10.2 Å². The van der Waals surface area contributed by atoms with Crippen LogP contribution in [0.5, 0.6) is 0 Å². The second-order valence-corrected chi connectivity index (χ2v) is 10.6. The molecule has 7 nitrogen and oxygen atoms in total. The Bertz CT molecular complexity index is 1280. The Balaban J connectivity index is 1.27. The molecule has 0 spiro atoms. The number of aromatic nitrogens is 5. The summed E-state index contributed by atoms with van der Waals surface area (Å²) in [6.07, 6.45) is 3.98. The van der Waals surface area contributed by atoms with E-state index in [1.54, 1.807) is 11.8 Å². The summed E-state index contributed by atoms with van der Waals surface area (Å²) in [6.45, 7) is 3.40. The molecule has 0 N–H and O–H groups in total. The van der Waals surface area contributed by atoms with Crippen LogP contribution in [0.3, 0.4) is 0 Å². The van der Waals surface area contributed by atoms with Gasteiger partial charge in [0.25, 0.3) is 5.92 Å². The third-order valence-corrected chi connectivity index (χ3v) is 7.69. The smallest absolute Gasteiger partial charge is 0.263 e. The average Bonchev–Trinajstić information content (AvgIpc) is 3.65. The van der Waals surface area contributed by atoms with Crippen LogP contribution >= 0.6 is 11.6 Å². The van der Waals surface area contributed by atoms with Crippen molar-refractivity contribution in [3.05, 3.63) is 58.1 Å². The molecule has 36 heavy (non-hydrogen) atoms. The fourth-order valence-electron chi connectivity index (χ4n) is 5.33. The minimum Gasteiger partial charge on any atom is -0.341 e. The molecule has 1 aromatic carbocycles. The van der Waals surface area contributed by atoms with Gasteiger partial charge in [-0.05, 0) is 56.4 Å². The summed E-state index contributed by atoms with van der Waals surface area (Å²) < 4.78 is 45.1. The lowest BCUT2D eigenvalue weighted by atomic mass is 9.95. The van der Waals surface area contributed by atoms with Crippen LogP contribution in [0.2, 0.25) is 5.02 Å². The fourth-order valence-corrected chi connectivity index (χ4v) is 5.52. The summed E-state index contributed by atoms with van der Waals surface area (Å²) in [5.74, 6) is -1.50. The molecule has 0 bridgehead atoms. The van der Waals surface area contributed by atoms with Crippen molar-refractivity contribution in [3.63, 3.8) is 0 Å². The largest absolute Gasteiger partial charge is 0.341 e. The van der Waals surface area contributed by atoms with Crippen LogP contribution in [0.25, 0.3) is 5.69 Å². The first-order valence-corrected chi connectivity index (χ1v) is 12.7. The zero-order valence-electron chi connectivity index (χ0n) is 20.0. The lowest BCUT2D eigenvalue weighted by Gasteiger charge is -2.31. The van der Waals surface area contributed by atoms with E-state index in [1.807, 2.05) is 22.8 Å². The second-order valence-electron chi connectivity index (χ2n) is 10.1. The highest BCUT2D eigenvalue weighted by atomic mass is 35.5. The van der Waals surface area contributed by atoms with Crippen molar-refractivity contribution in [1.82, 2.24) is 29.6 Å². The molecule has 11 heteroatoms. The molecule has 2 fully saturated rings. The number of benzene rings is 1. The van der Waals surface area contributed by atoms with Crippen LogP contribution in [-0.2, 0) is 13.1 Å². The number of anilines is 1. The van der Waals surface area contributed by atoms with Gasteiger partial charge in [0.1, 0.15) is 5.82 Å². The van der Waals surface area contributed by atoms with Crippen LogP contribution in [-0.4, -0.2) is 55.2 Å². The van der Waals surface area contributed by atoms with Gasteiger partial charge in [-0.25, -0.2) is 23.1 Å². The van der Waals surface area contributed by atoms with Crippen LogP contribution in [0, 0.1) is 18.7 Å². The third kappa shape index (κ3) is 4.45. The van der Waals surface area contributed by atoms with E-state index in [0.29, 0.717) is 61.5 Å². The highest BCUT2D eigenvalue weighted by Gasteiger charge is 2.48. The summed E-state index contributed by atoms with van der Waals surface area (Å²) in [5.41, 5.74) is 2.12. The first kappa shape index (κ1) is 23.7. The molecule has 1 saturated heterocycles. The number of alkyl halides is 2. The van der Waals surface area contributed by atoms with Crippen molar-refractivity contribution in [2.45, 2.75) is 57.5 Å². The molecule has 0 unspecified atom stereocenters. The Morgan fingerprint density at radius 2 is 1.86 bits per heavy atom. The van der Waals surface area contributed by atoms with Gasteiger partial charge in [0.15, 0.2) is 11.6 Å². The van der Waals surface area contributed by atoms with E-state index in [2.05, 4.69) is 25.1 Å². The van der Waals surface area contributed by atoms with E-state index in [-0.39, 0.29) is 12.5 Å². The number of hydrogen-bond donors (Lipinski definition) is 0. The van der Waals surface area contributed by atoms with Crippen molar-refractivity contribution in [2.75, 3.05) is 24.5 Å². The number of hydrogen-bond acceptors (Lipinski definition) is 6. The Morgan fingerprint density at radius 3 is 2.58 bits per heavy atom. The van der Waals surface area contributed by atoms with Gasteiger partial charge in [-0.1, -0.05) is 11.6 Å². The van der Waals surface area contributed by atoms with Crippen molar-refractivity contribution < 1.29 is 13.2 Å². The van der Waals surface area contributed by atoms with E-state index in [4.69, 9.17) is 11.6 Å². The maximum absolute atomic E-state index is 14.7. The normalized spacial score (nSPS) is 19.2. The molecule has 0 radical (unpaired) electrons. The predicted octanol–water partition coefficient (Wildman–Crippen LogP) is 4.90. The summed E-state index contributed by atoms with van der Waals surface area (Å²) in [7, 11) is 0. The van der Waals surface area contributed by atoms with Crippen LogP contribution in [0.15, 0.2) is 24.4 Å². The number of nitrogens with zero attached hydrogens (tertiary/aromatic N) is 7. The average molecular weight is 518 g/mol. The number of rotatable bonds is 5. The van der Waals surface area contributed by atoms with Crippen LogP contribution < -0.4 is 4.90 Å². The molecule has 190 valence electrons. The van der Waals surface area contributed by atoms with Gasteiger partial charge in [-0.3, -0.25) is 9.47 Å². The van der Waals surface area contributed by atoms with Gasteiger partial charge in [-0.2, -0.15) is 0 Å². The zero-order valence-corrected chi connectivity index (χ0v) is 20.7. The molecule has 3 aliphatic rings. The molecular formula is C25H27ClF3N7. The van der Waals surface area contributed by atoms with Gasteiger partial charge >= 0.3 is 0 Å². The maximum Gasteiger partial charge on any atom is 0.263 e. The van der Waals surface area contributed by atoms with E-state index in [0.717, 1.165) is 29.9 Å². The Kier molecular flexibility index (Phi) is 5.91. The topological polar surface area (TPSA) is 63.0 Å². The number of piperidine rings is 1. The predicted molar refractivity (Wildman–Crippen MR) is 129 cm³/mol. The van der Waals surface area contributed by atoms with Crippen molar-refractivity contribution >= 4 is 17.5 Å². The molecule has 1 aliphatic carbocycles. The molecule has 2 aromatic heterocycles. The van der Waals surface area contributed by atoms with Crippen molar-refractivity contribution in [2.24, 2.45) is 5.92 Å². The fraction of sp³-hybridized carbons (Fsp3) is 0.520. The number of aryl methyl sites for hydroxylation is 1. The molecule has 2 aliphatic heterocycles. The lowest BCUT2D eigenvalue weighted by Crippen LogP contribution is -2.37. The minimum atomic E-state index is -2.72. The summed E-state index contributed by atoms with van der Waals surface area (Å²) in [4.78, 5) is 12.3. The highest BCUT2D eigenvalue weighted by molar-refractivity contribution is 6.30. The second kappa shape index (κ2) is 8.99. The monoisotopic (exact) mass is 517 g/mol. The van der Waals surface area contributed by atoms with E-state index >= 15 is 0 Å². The van der Waals surface area contributed by atoms with Gasteiger partial charge in [0, 0.05) is 36.5 Å². The Labute approximate surface area is 212 Å². The molecular weight excluding hydrogens is 491 g/mol. The van der Waals surface area contributed by atoms with Gasteiger partial charge in [0.05, 0.1) is 30.7 Å². The highest BCUT2D eigenvalue weighted by Crippen LogP contribution is 2.44. The van der Waals surface area contributed by atoms with E-state index in [1.165, 1.54) is 6.20 Å². The quantitative estimate of drug-likeness (QED) is 0.479. The Hall–Kier alpha value is -2.72. The Morgan fingerprint density at radius 1 is 1.08 bits per heavy atom. The first-order valence-electron chi connectivity index (χ1n) is 12.4. The lowest BCUT2D eigenvalue weighted by molar-refractivity contribution is -0.0558. The molecule has 6 rings (SSSR count). The number of halogens is 4. The molecule has 4 heterocycles. The van der Waals surface area contributed by atoms with Crippen molar-refractivity contribution in [3.8, 4) is 5.69 Å². The maximum atomic E-state index is 14.7. The molecule has 0 atom stereocenters. The van der Waals surface area contributed by atoms with Crippen LogP contribution in [0.1, 0.15) is 54.5 Å².